The van der Waals surface area contributed by atoms with Crippen LogP contribution in [0, 0.1) is 5.82 Å². The average Bonchev–Trinajstić information content (AvgIpc) is 2.73. The van der Waals surface area contributed by atoms with Crippen LogP contribution < -0.4 is 9.80 Å². The molecule has 3 rings (SSSR count). The van der Waals surface area contributed by atoms with Crippen molar-refractivity contribution < 1.29 is 13.6 Å². The van der Waals surface area contributed by atoms with Crippen LogP contribution in [0.15, 0.2) is 42.5 Å². The van der Waals surface area contributed by atoms with Crippen LogP contribution in [0.5, 0.6) is 0 Å². The van der Waals surface area contributed by atoms with Gasteiger partial charge in [0.15, 0.2) is 14.1 Å². The molecule has 31 heavy (non-hydrogen) atoms. The van der Waals surface area contributed by atoms with Crippen molar-refractivity contribution in [1.29, 1.82) is 0 Å². The summed E-state index contributed by atoms with van der Waals surface area (Å²) in [6, 6.07) is 14.2. The van der Waals surface area contributed by atoms with E-state index in [-0.39, 0.29) is 10.9 Å². The molecule has 0 saturated carbocycles. The number of hydrogen-bond donors (Lipinski definition) is 0. The van der Waals surface area contributed by atoms with Gasteiger partial charge in [0, 0.05) is 44.5 Å². The number of piperazine rings is 1. The highest BCUT2D eigenvalue weighted by molar-refractivity contribution is 6.74. The molecule has 1 fully saturated rings. The first-order chi connectivity index (χ1) is 14.6. The number of anilines is 2. The van der Waals surface area contributed by atoms with E-state index >= 15 is 4.39 Å². The van der Waals surface area contributed by atoms with Gasteiger partial charge in [0.05, 0.1) is 18.9 Å². The standard InChI is InChI=1S/C25H37FN2O2Si/c1-25(2,3)31(5,6)30-19-21-8-7-9-23(24(21)26)28-16-14-27(15-17-28)22-12-10-20(11-13-22)18-29-4/h7-13H,14-19H2,1-6H3. The molecule has 0 bridgehead atoms. The zero-order chi connectivity index (χ0) is 22.6. The molecule has 0 amide bonds. The van der Waals surface area contributed by atoms with E-state index in [1.54, 1.807) is 7.11 Å². The fourth-order valence-electron chi connectivity index (χ4n) is 3.57. The Morgan fingerprint density at radius 3 is 2.10 bits per heavy atom. The fraction of sp³-hybridized carbons (Fsp3) is 0.520. The molecular formula is C25H37FN2O2Si. The minimum absolute atomic E-state index is 0.110. The average molecular weight is 445 g/mol. The summed E-state index contributed by atoms with van der Waals surface area (Å²) in [5.41, 5.74) is 3.71. The molecule has 1 aliphatic rings. The summed E-state index contributed by atoms with van der Waals surface area (Å²) in [5.74, 6) is -0.140. The van der Waals surface area contributed by atoms with Crippen molar-refractivity contribution in [3.8, 4) is 0 Å². The first kappa shape index (κ1) is 23.8. The fourth-order valence-corrected chi connectivity index (χ4v) is 4.52. The minimum Gasteiger partial charge on any atom is -0.412 e. The van der Waals surface area contributed by atoms with E-state index in [1.807, 2.05) is 18.2 Å². The Morgan fingerprint density at radius 1 is 0.903 bits per heavy atom. The van der Waals surface area contributed by atoms with Crippen molar-refractivity contribution in [2.45, 2.75) is 52.1 Å². The number of methoxy groups -OCH3 is 1. The summed E-state index contributed by atoms with van der Waals surface area (Å²) in [6.07, 6.45) is 0. The van der Waals surface area contributed by atoms with Crippen molar-refractivity contribution in [2.75, 3.05) is 43.1 Å². The monoisotopic (exact) mass is 444 g/mol. The van der Waals surface area contributed by atoms with Crippen molar-refractivity contribution in [1.82, 2.24) is 0 Å². The third kappa shape index (κ3) is 5.67. The van der Waals surface area contributed by atoms with Crippen LogP contribution in [-0.4, -0.2) is 41.6 Å². The molecule has 0 atom stereocenters. The lowest BCUT2D eigenvalue weighted by molar-refractivity contribution is 0.185. The zero-order valence-corrected chi connectivity index (χ0v) is 20.9. The molecule has 0 N–H and O–H groups in total. The highest BCUT2D eigenvalue weighted by atomic mass is 28.4. The van der Waals surface area contributed by atoms with E-state index in [4.69, 9.17) is 9.16 Å². The molecule has 0 aliphatic carbocycles. The van der Waals surface area contributed by atoms with Crippen molar-refractivity contribution >= 4 is 19.7 Å². The van der Waals surface area contributed by atoms with Gasteiger partial charge in [0.25, 0.3) is 0 Å². The number of hydrogen-bond acceptors (Lipinski definition) is 4. The maximum Gasteiger partial charge on any atom is 0.192 e. The summed E-state index contributed by atoms with van der Waals surface area (Å²) >= 11 is 0. The normalized spacial score (nSPS) is 15.5. The molecule has 1 heterocycles. The van der Waals surface area contributed by atoms with Crippen LogP contribution in [0.1, 0.15) is 31.9 Å². The second-order valence-electron chi connectivity index (χ2n) is 9.87. The van der Waals surface area contributed by atoms with Crippen LogP contribution in [0.3, 0.4) is 0 Å². The van der Waals surface area contributed by atoms with Crippen LogP contribution >= 0.6 is 0 Å². The Bertz CT molecular complexity index is 857. The maximum atomic E-state index is 15.3. The molecule has 2 aromatic rings. The molecule has 1 saturated heterocycles. The highest BCUT2D eigenvalue weighted by Crippen LogP contribution is 2.37. The molecule has 0 spiro atoms. The maximum absolute atomic E-state index is 15.3. The molecular weight excluding hydrogens is 407 g/mol. The van der Waals surface area contributed by atoms with Gasteiger partial charge in [0.1, 0.15) is 0 Å². The molecule has 170 valence electrons. The topological polar surface area (TPSA) is 24.9 Å². The molecule has 2 aromatic carbocycles. The molecule has 0 radical (unpaired) electrons. The highest BCUT2D eigenvalue weighted by Gasteiger charge is 2.37. The summed E-state index contributed by atoms with van der Waals surface area (Å²) in [7, 11) is -0.209. The van der Waals surface area contributed by atoms with Crippen molar-refractivity contribution in [3.63, 3.8) is 0 Å². The van der Waals surface area contributed by atoms with Gasteiger partial charge in [-0.3, -0.25) is 0 Å². The SMILES string of the molecule is COCc1ccc(N2CCN(c3cccc(CO[Si](C)(C)C(C)(C)C)c3F)CC2)cc1. The number of ether oxygens (including phenoxy) is 1. The Hall–Kier alpha value is -1.89. The number of rotatable bonds is 7. The lowest BCUT2D eigenvalue weighted by atomic mass is 10.1. The minimum atomic E-state index is -1.92. The van der Waals surface area contributed by atoms with Crippen molar-refractivity contribution in [2.24, 2.45) is 0 Å². The number of benzene rings is 2. The zero-order valence-electron chi connectivity index (χ0n) is 19.9. The summed E-state index contributed by atoms with van der Waals surface area (Å²) in [5, 5.41) is 0.110. The largest absolute Gasteiger partial charge is 0.412 e. The van der Waals surface area contributed by atoms with Crippen LogP contribution in [0.25, 0.3) is 0 Å². The predicted molar refractivity (Wildman–Crippen MR) is 130 cm³/mol. The quantitative estimate of drug-likeness (QED) is 0.502. The number of nitrogens with zero attached hydrogens (tertiary/aromatic N) is 2. The van der Waals surface area contributed by atoms with Gasteiger partial charge in [-0.2, -0.15) is 0 Å². The van der Waals surface area contributed by atoms with E-state index < -0.39 is 8.32 Å². The van der Waals surface area contributed by atoms with Gasteiger partial charge in [0.2, 0.25) is 0 Å². The summed E-state index contributed by atoms with van der Waals surface area (Å²) in [4.78, 5) is 4.51. The van der Waals surface area contributed by atoms with E-state index in [2.05, 4.69) is 67.9 Å². The van der Waals surface area contributed by atoms with Gasteiger partial charge >= 0.3 is 0 Å². The number of halogens is 1. The van der Waals surface area contributed by atoms with Gasteiger partial charge in [-0.25, -0.2) is 4.39 Å². The lowest BCUT2D eigenvalue weighted by Gasteiger charge is -2.38. The first-order valence-corrected chi connectivity index (χ1v) is 14.0. The van der Waals surface area contributed by atoms with Gasteiger partial charge < -0.3 is 19.0 Å². The van der Waals surface area contributed by atoms with E-state index in [0.29, 0.717) is 24.5 Å². The Kier molecular flexibility index (Phi) is 7.45. The Morgan fingerprint density at radius 2 is 1.52 bits per heavy atom. The van der Waals surface area contributed by atoms with Crippen LogP contribution in [0.2, 0.25) is 18.1 Å². The predicted octanol–water partition coefficient (Wildman–Crippen LogP) is 5.82. The van der Waals surface area contributed by atoms with Gasteiger partial charge in [-0.05, 0) is 41.9 Å². The first-order valence-electron chi connectivity index (χ1n) is 11.1. The third-order valence-electron chi connectivity index (χ3n) is 6.69. The molecule has 0 aromatic heterocycles. The van der Waals surface area contributed by atoms with Crippen LogP contribution in [-0.2, 0) is 22.4 Å². The Balaban J connectivity index is 1.63. The van der Waals surface area contributed by atoms with Gasteiger partial charge in [-0.1, -0.05) is 45.0 Å². The molecule has 0 unspecified atom stereocenters. The molecule has 4 nitrogen and oxygen atoms in total. The van der Waals surface area contributed by atoms with E-state index in [0.717, 1.165) is 26.2 Å². The second-order valence-corrected chi connectivity index (χ2v) is 14.7. The Labute approximate surface area is 188 Å². The van der Waals surface area contributed by atoms with Crippen molar-refractivity contribution in [3.05, 3.63) is 59.4 Å². The smallest absolute Gasteiger partial charge is 0.192 e. The summed E-state index contributed by atoms with van der Waals surface area (Å²) in [6.45, 7) is 15.3. The van der Waals surface area contributed by atoms with Crippen LogP contribution in [0.4, 0.5) is 15.8 Å². The second kappa shape index (κ2) is 9.71. The summed E-state index contributed by atoms with van der Waals surface area (Å²) < 4.78 is 26.8. The molecule has 1 aliphatic heterocycles. The van der Waals surface area contributed by atoms with E-state index in [1.165, 1.54) is 11.3 Å². The lowest BCUT2D eigenvalue weighted by Crippen LogP contribution is -2.47. The van der Waals surface area contributed by atoms with Gasteiger partial charge in [-0.15, -0.1) is 0 Å². The van der Waals surface area contributed by atoms with E-state index in [9.17, 15) is 0 Å². The third-order valence-corrected chi connectivity index (χ3v) is 11.2. The molecule has 6 heteroatoms.